The van der Waals surface area contributed by atoms with Gasteiger partial charge in [-0.1, -0.05) is 145 Å². The third-order valence-corrected chi connectivity index (χ3v) is 10.8. The Hall–Kier alpha value is -5.37. The fourth-order valence-electron chi connectivity index (χ4n) is 7.60. The maximum atomic E-state index is 2.42. The van der Waals surface area contributed by atoms with Crippen molar-refractivity contribution in [3.8, 4) is 33.4 Å². The first-order chi connectivity index (χ1) is 22.3. The van der Waals surface area contributed by atoms with E-state index in [9.17, 15) is 0 Å². The first kappa shape index (κ1) is 25.0. The van der Waals surface area contributed by atoms with Crippen LogP contribution in [0.5, 0.6) is 0 Å². The van der Waals surface area contributed by atoms with E-state index in [1.807, 2.05) is 11.8 Å². The van der Waals surface area contributed by atoms with Gasteiger partial charge in [0.15, 0.2) is 0 Å². The Morgan fingerprint density at radius 2 is 1.00 bits per heavy atom. The fraction of sp³-hybridized carbons (Fsp3) is 0. The van der Waals surface area contributed by atoms with E-state index in [0.717, 1.165) is 0 Å². The van der Waals surface area contributed by atoms with Crippen LogP contribution in [-0.2, 0) is 0 Å². The normalized spacial score (nSPS) is 12.4. The van der Waals surface area contributed by atoms with E-state index in [1.165, 1.54) is 97.0 Å². The van der Waals surface area contributed by atoms with E-state index in [-0.39, 0.29) is 0 Å². The van der Waals surface area contributed by atoms with E-state index in [0.29, 0.717) is 0 Å². The summed E-state index contributed by atoms with van der Waals surface area (Å²) >= 11 is 1.88. The zero-order valence-corrected chi connectivity index (χ0v) is 25.2. The van der Waals surface area contributed by atoms with Crippen LogP contribution in [-0.4, -0.2) is 0 Å². The van der Waals surface area contributed by atoms with Crippen molar-refractivity contribution in [3.05, 3.63) is 158 Å². The lowest BCUT2D eigenvalue weighted by atomic mass is 9.87. The number of rotatable bonds is 2. The molecule has 9 aromatic carbocycles. The smallest absolute Gasteiger partial charge is 0.0207 e. The van der Waals surface area contributed by atoms with Crippen LogP contribution in [0.25, 0.3) is 87.2 Å². The molecular weight excluding hydrogens is 561 g/mol. The van der Waals surface area contributed by atoms with Crippen molar-refractivity contribution in [3.63, 3.8) is 0 Å². The quantitative estimate of drug-likeness (QED) is 0.143. The monoisotopic (exact) mass is 586 g/mol. The number of fused-ring (bicyclic) bond motifs is 7. The highest BCUT2D eigenvalue weighted by Crippen LogP contribution is 2.50. The molecule has 0 radical (unpaired) electrons. The molecule has 1 heteroatoms. The van der Waals surface area contributed by atoms with Crippen molar-refractivity contribution in [2.45, 2.75) is 9.79 Å². The van der Waals surface area contributed by atoms with Crippen molar-refractivity contribution >= 4 is 65.6 Å². The van der Waals surface area contributed by atoms with Gasteiger partial charge < -0.3 is 0 Å². The van der Waals surface area contributed by atoms with Crippen molar-refractivity contribution in [2.24, 2.45) is 0 Å². The Balaban J connectivity index is 1.26. The molecule has 0 unspecified atom stereocenters. The van der Waals surface area contributed by atoms with Crippen LogP contribution < -0.4 is 0 Å². The molecule has 0 nitrogen and oxygen atoms in total. The van der Waals surface area contributed by atoms with Gasteiger partial charge in [0.1, 0.15) is 0 Å². The molecule has 10 rings (SSSR count). The molecule has 1 aliphatic heterocycles. The molecule has 0 bridgehead atoms. The average Bonchev–Trinajstić information content (AvgIpc) is 3.10. The summed E-state index contributed by atoms with van der Waals surface area (Å²) in [6.45, 7) is 0. The van der Waals surface area contributed by atoms with Gasteiger partial charge in [-0.3, -0.25) is 0 Å². The topological polar surface area (TPSA) is 0 Å². The minimum atomic E-state index is 1.25. The third kappa shape index (κ3) is 3.68. The Labute approximate surface area is 265 Å². The van der Waals surface area contributed by atoms with E-state index in [4.69, 9.17) is 0 Å². The molecular formula is C44H26S. The summed E-state index contributed by atoms with van der Waals surface area (Å²) in [5.41, 5.74) is 7.79. The highest BCUT2D eigenvalue weighted by Gasteiger charge is 2.21. The molecule has 0 amide bonds. The van der Waals surface area contributed by atoms with Crippen molar-refractivity contribution < 1.29 is 0 Å². The SMILES string of the molecule is c1ccc2c(c1)Sc1ccc(-c3ccc4ccc5c(-c6cccc7ccccc67)c6ccccc6cc5c4c3)c3cccc-2c13. The van der Waals surface area contributed by atoms with E-state index >= 15 is 0 Å². The van der Waals surface area contributed by atoms with Gasteiger partial charge in [-0.05, 0) is 106 Å². The summed E-state index contributed by atoms with van der Waals surface area (Å²) < 4.78 is 0. The molecule has 0 aliphatic carbocycles. The average molecular weight is 587 g/mol. The first-order valence-corrected chi connectivity index (χ1v) is 16.3. The lowest BCUT2D eigenvalue weighted by Gasteiger charge is -2.22. The standard InChI is InChI=1S/C44H26S/c1-3-12-31-27(9-1)11-7-15-35(31)43-33-13-4-2-10-29(33)26-40-38(43)22-21-28-19-20-30(25-39(28)40)32-23-24-42-44-36(32)16-8-17-37(44)34-14-5-6-18-41(34)45-42/h1-26H. The molecule has 0 spiro atoms. The van der Waals surface area contributed by atoms with Gasteiger partial charge >= 0.3 is 0 Å². The summed E-state index contributed by atoms with van der Waals surface area (Å²) in [4.78, 5) is 2.66. The zero-order valence-electron chi connectivity index (χ0n) is 24.4. The Bertz CT molecular complexity index is 2670. The van der Waals surface area contributed by atoms with Gasteiger partial charge in [0.2, 0.25) is 0 Å². The minimum absolute atomic E-state index is 1.25. The molecule has 0 saturated heterocycles. The summed E-state index contributed by atoms with van der Waals surface area (Å²) in [5.74, 6) is 0. The van der Waals surface area contributed by atoms with Crippen molar-refractivity contribution in [2.75, 3.05) is 0 Å². The first-order valence-electron chi connectivity index (χ1n) is 15.5. The van der Waals surface area contributed by atoms with Crippen LogP contribution >= 0.6 is 11.8 Å². The second kappa shape index (κ2) is 9.56. The Kier molecular flexibility index (Phi) is 5.31. The van der Waals surface area contributed by atoms with Crippen LogP contribution in [0.4, 0.5) is 0 Å². The molecule has 0 N–H and O–H groups in total. The second-order valence-corrected chi connectivity index (χ2v) is 13.1. The summed E-state index contributed by atoms with van der Waals surface area (Å²) in [6, 6.07) is 58.6. The van der Waals surface area contributed by atoms with Gasteiger partial charge in [0.25, 0.3) is 0 Å². The molecule has 45 heavy (non-hydrogen) atoms. The van der Waals surface area contributed by atoms with Gasteiger partial charge in [-0.15, -0.1) is 0 Å². The van der Waals surface area contributed by atoms with Crippen LogP contribution in [0, 0.1) is 0 Å². The third-order valence-electron chi connectivity index (χ3n) is 9.63. The summed E-state index contributed by atoms with van der Waals surface area (Å²) in [6.07, 6.45) is 0. The minimum Gasteiger partial charge on any atom is -0.0888 e. The maximum absolute atomic E-state index is 2.42. The predicted octanol–water partition coefficient (Wildman–Crippen LogP) is 12.9. The largest absolute Gasteiger partial charge is 0.0888 e. The number of hydrogen-bond acceptors (Lipinski definition) is 1. The fourth-order valence-corrected chi connectivity index (χ4v) is 8.73. The molecule has 208 valence electrons. The predicted molar refractivity (Wildman–Crippen MR) is 194 cm³/mol. The molecule has 0 fully saturated rings. The molecule has 0 saturated carbocycles. The zero-order chi connectivity index (χ0) is 29.5. The Morgan fingerprint density at radius 3 is 1.96 bits per heavy atom. The summed E-state index contributed by atoms with van der Waals surface area (Å²) in [7, 11) is 0. The van der Waals surface area contributed by atoms with E-state index < -0.39 is 0 Å². The molecule has 0 atom stereocenters. The number of benzene rings is 9. The maximum Gasteiger partial charge on any atom is 0.0207 e. The lowest BCUT2D eigenvalue weighted by Crippen LogP contribution is -1.94. The molecule has 1 aliphatic rings. The molecule has 1 heterocycles. The Morgan fingerprint density at radius 1 is 0.311 bits per heavy atom. The van der Waals surface area contributed by atoms with Gasteiger partial charge in [0, 0.05) is 15.2 Å². The van der Waals surface area contributed by atoms with Gasteiger partial charge in [-0.2, -0.15) is 0 Å². The van der Waals surface area contributed by atoms with Crippen LogP contribution in [0.15, 0.2) is 168 Å². The van der Waals surface area contributed by atoms with Crippen LogP contribution in [0.3, 0.4) is 0 Å². The second-order valence-electron chi connectivity index (χ2n) is 12.0. The molecule has 0 aromatic heterocycles. The van der Waals surface area contributed by atoms with Crippen LogP contribution in [0.2, 0.25) is 0 Å². The number of hydrogen-bond donors (Lipinski definition) is 0. The molecule has 9 aromatic rings. The van der Waals surface area contributed by atoms with Crippen molar-refractivity contribution in [1.82, 2.24) is 0 Å². The highest BCUT2D eigenvalue weighted by atomic mass is 32.2. The highest BCUT2D eigenvalue weighted by molar-refractivity contribution is 7.99. The van der Waals surface area contributed by atoms with E-state index in [1.54, 1.807) is 0 Å². The van der Waals surface area contributed by atoms with Crippen molar-refractivity contribution in [1.29, 1.82) is 0 Å². The van der Waals surface area contributed by atoms with Gasteiger partial charge in [-0.25, -0.2) is 0 Å². The van der Waals surface area contributed by atoms with E-state index in [2.05, 4.69) is 158 Å². The lowest BCUT2D eigenvalue weighted by molar-refractivity contribution is 1.40. The summed E-state index contributed by atoms with van der Waals surface area (Å²) in [5, 5.41) is 12.9. The van der Waals surface area contributed by atoms with Gasteiger partial charge in [0.05, 0.1) is 0 Å². The van der Waals surface area contributed by atoms with Crippen LogP contribution in [0.1, 0.15) is 0 Å².